The molecule has 0 fully saturated rings. The van der Waals surface area contributed by atoms with Gasteiger partial charge in [0.25, 0.3) is 0 Å². The molecule has 0 atom stereocenters. The molecule has 4 heteroatoms. The Balaban J connectivity index is 1.07. The van der Waals surface area contributed by atoms with Crippen molar-refractivity contribution in [1.29, 1.82) is 0 Å². The van der Waals surface area contributed by atoms with E-state index in [-0.39, 0.29) is 0 Å². The first kappa shape index (κ1) is 34.3. The first-order chi connectivity index (χ1) is 29.2. The molecular weight excluding hydrogens is 719 g/mol. The van der Waals surface area contributed by atoms with Crippen molar-refractivity contribution in [3.8, 4) is 78.7 Å². The Morgan fingerprint density at radius 2 is 0.695 bits per heavy atom. The number of rotatable bonds is 7. The molecular formula is C55H35N3O. The second kappa shape index (κ2) is 14.5. The van der Waals surface area contributed by atoms with Crippen LogP contribution in [0.2, 0.25) is 0 Å². The van der Waals surface area contributed by atoms with Gasteiger partial charge in [0.15, 0.2) is 17.5 Å². The predicted octanol–water partition coefficient (Wildman–Crippen LogP) is 14.6. The van der Waals surface area contributed by atoms with Gasteiger partial charge in [-0.3, -0.25) is 0 Å². The van der Waals surface area contributed by atoms with Crippen LogP contribution in [-0.4, -0.2) is 15.0 Å². The molecule has 2 heterocycles. The van der Waals surface area contributed by atoms with Crippen molar-refractivity contribution in [2.45, 2.75) is 0 Å². The Morgan fingerprint density at radius 1 is 0.254 bits per heavy atom. The second-order valence-electron chi connectivity index (χ2n) is 14.8. The average molecular weight is 754 g/mol. The maximum Gasteiger partial charge on any atom is 0.167 e. The first-order valence-electron chi connectivity index (χ1n) is 19.8. The topological polar surface area (TPSA) is 51.8 Å². The van der Waals surface area contributed by atoms with Crippen LogP contribution in [0.5, 0.6) is 0 Å². The van der Waals surface area contributed by atoms with Gasteiger partial charge in [-0.15, -0.1) is 0 Å². The van der Waals surface area contributed by atoms with Crippen molar-refractivity contribution in [3.05, 3.63) is 212 Å². The molecule has 0 aliphatic carbocycles. The normalized spacial score (nSPS) is 11.4. The summed E-state index contributed by atoms with van der Waals surface area (Å²) in [4.78, 5) is 15.7. The summed E-state index contributed by atoms with van der Waals surface area (Å²) < 4.78 is 6.52. The molecule has 0 saturated heterocycles. The minimum atomic E-state index is 0.552. The smallest absolute Gasteiger partial charge is 0.167 e. The Kier molecular flexibility index (Phi) is 8.45. The van der Waals surface area contributed by atoms with Crippen molar-refractivity contribution in [2.75, 3.05) is 0 Å². The predicted molar refractivity (Wildman–Crippen MR) is 243 cm³/mol. The molecule has 0 saturated carbocycles. The highest BCUT2D eigenvalue weighted by atomic mass is 16.3. The average Bonchev–Trinajstić information content (AvgIpc) is 3.71. The van der Waals surface area contributed by atoms with E-state index in [9.17, 15) is 0 Å². The molecule has 9 aromatic carbocycles. The van der Waals surface area contributed by atoms with Gasteiger partial charge in [-0.05, 0) is 85.6 Å². The Morgan fingerprint density at radius 3 is 1.41 bits per heavy atom. The van der Waals surface area contributed by atoms with E-state index in [1.54, 1.807) is 0 Å². The number of hydrogen-bond acceptors (Lipinski definition) is 4. The molecule has 0 spiro atoms. The van der Waals surface area contributed by atoms with Crippen LogP contribution in [0.3, 0.4) is 0 Å². The highest BCUT2D eigenvalue weighted by molar-refractivity contribution is 6.09. The molecule has 0 bridgehead atoms. The second-order valence-corrected chi connectivity index (χ2v) is 14.8. The fraction of sp³-hybridized carbons (Fsp3) is 0. The number of nitrogens with zero attached hydrogens (tertiary/aromatic N) is 3. The summed E-state index contributed by atoms with van der Waals surface area (Å²) in [6.07, 6.45) is 0. The number of para-hydroxylation sites is 2. The third-order valence-electron chi connectivity index (χ3n) is 11.2. The maximum absolute atomic E-state index is 6.52. The summed E-state index contributed by atoms with van der Waals surface area (Å²) >= 11 is 0. The molecule has 0 N–H and O–H groups in total. The van der Waals surface area contributed by atoms with Crippen molar-refractivity contribution in [3.63, 3.8) is 0 Å². The summed E-state index contributed by atoms with van der Waals surface area (Å²) in [7, 11) is 0. The molecule has 11 rings (SSSR count). The zero-order valence-corrected chi connectivity index (χ0v) is 32.0. The molecule has 0 amide bonds. The van der Waals surface area contributed by atoms with Gasteiger partial charge in [0.05, 0.1) is 5.56 Å². The lowest BCUT2D eigenvalue weighted by atomic mass is 9.93. The van der Waals surface area contributed by atoms with Crippen LogP contribution in [0.15, 0.2) is 217 Å². The lowest BCUT2D eigenvalue weighted by Crippen LogP contribution is -2.01. The van der Waals surface area contributed by atoms with Crippen LogP contribution in [0.25, 0.3) is 111 Å². The van der Waals surface area contributed by atoms with E-state index in [0.717, 1.165) is 71.7 Å². The maximum atomic E-state index is 6.52. The Bertz CT molecular complexity index is 3320. The van der Waals surface area contributed by atoms with Crippen molar-refractivity contribution in [2.24, 2.45) is 0 Å². The third-order valence-corrected chi connectivity index (χ3v) is 11.2. The summed E-state index contributed by atoms with van der Waals surface area (Å²) in [6.45, 7) is 0. The van der Waals surface area contributed by atoms with Crippen LogP contribution in [0, 0.1) is 0 Å². The van der Waals surface area contributed by atoms with E-state index in [1.165, 1.54) is 22.3 Å². The van der Waals surface area contributed by atoms with Crippen molar-refractivity contribution >= 4 is 32.7 Å². The van der Waals surface area contributed by atoms with Crippen LogP contribution < -0.4 is 0 Å². The summed E-state index contributed by atoms with van der Waals surface area (Å²) in [6, 6.07) is 74.1. The van der Waals surface area contributed by atoms with Gasteiger partial charge < -0.3 is 4.42 Å². The van der Waals surface area contributed by atoms with E-state index >= 15 is 0 Å². The van der Waals surface area contributed by atoms with E-state index < -0.39 is 0 Å². The standard InChI is InChI=1S/C55H35N3O/c1-3-14-36(15-4-1)38-28-30-39(31-29-38)44-32-33-49(46-23-8-7-22-45(44)46)54-56-53(57-55(58-54)50-26-13-25-48-47-24-9-10-27-51(47)59-52(48)50)43-21-12-20-42(35-43)41-19-11-18-40(34-41)37-16-5-2-6-17-37/h1-35H. The SMILES string of the molecule is c1ccc(-c2ccc(-c3ccc(-c4nc(-c5cccc(-c6cccc(-c7ccccc7)c6)c5)nc(-c5cccc6c5oc5ccccc56)n4)c4ccccc34)cc2)cc1. The molecule has 0 aliphatic heterocycles. The van der Waals surface area contributed by atoms with Crippen LogP contribution in [0.4, 0.5) is 0 Å². The van der Waals surface area contributed by atoms with E-state index in [2.05, 4.69) is 176 Å². The molecule has 276 valence electrons. The number of benzene rings is 9. The highest BCUT2D eigenvalue weighted by Gasteiger charge is 2.20. The van der Waals surface area contributed by atoms with E-state index in [0.29, 0.717) is 17.5 Å². The minimum absolute atomic E-state index is 0.552. The minimum Gasteiger partial charge on any atom is -0.455 e. The molecule has 11 aromatic rings. The van der Waals surface area contributed by atoms with Gasteiger partial charge in [-0.2, -0.15) is 0 Å². The summed E-state index contributed by atoms with van der Waals surface area (Å²) in [5.41, 5.74) is 13.4. The monoisotopic (exact) mass is 753 g/mol. The zero-order chi connectivity index (χ0) is 39.1. The van der Waals surface area contributed by atoms with Gasteiger partial charge in [0.1, 0.15) is 11.2 Å². The van der Waals surface area contributed by atoms with Gasteiger partial charge in [0.2, 0.25) is 0 Å². The van der Waals surface area contributed by atoms with Crippen LogP contribution in [0.1, 0.15) is 0 Å². The van der Waals surface area contributed by atoms with Gasteiger partial charge in [-0.25, -0.2) is 15.0 Å². The number of furan rings is 1. The van der Waals surface area contributed by atoms with Gasteiger partial charge in [0, 0.05) is 21.9 Å². The lowest BCUT2D eigenvalue weighted by molar-refractivity contribution is 0.669. The number of aromatic nitrogens is 3. The molecule has 0 radical (unpaired) electrons. The number of fused-ring (bicyclic) bond motifs is 4. The Hall–Kier alpha value is -7.95. The van der Waals surface area contributed by atoms with E-state index in [4.69, 9.17) is 19.4 Å². The van der Waals surface area contributed by atoms with Crippen LogP contribution >= 0.6 is 0 Å². The van der Waals surface area contributed by atoms with Crippen molar-refractivity contribution < 1.29 is 4.42 Å². The largest absolute Gasteiger partial charge is 0.455 e. The quantitative estimate of drug-likeness (QED) is 0.163. The fourth-order valence-electron chi connectivity index (χ4n) is 8.23. The van der Waals surface area contributed by atoms with Crippen molar-refractivity contribution in [1.82, 2.24) is 15.0 Å². The molecule has 59 heavy (non-hydrogen) atoms. The van der Waals surface area contributed by atoms with Gasteiger partial charge in [-0.1, -0.05) is 182 Å². The number of hydrogen-bond donors (Lipinski definition) is 0. The Labute approximate surface area is 341 Å². The third kappa shape index (κ3) is 6.34. The summed E-state index contributed by atoms with van der Waals surface area (Å²) in [5, 5.41) is 4.27. The molecule has 4 nitrogen and oxygen atoms in total. The molecule has 0 unspecified atom stereocenters. The fourth-order valence-corrected chi connectivity index (χ4v) is 8.23. The zero-order valence-electron chi connectivity index (χ0n) is 32.0. The molecule has 0 aliphatic rings. The first-order valence-corrected chi connectivity index (χ1v) is 19.8. The van der Waals surface area contributed by atoms with Gasteiger partial charge >= 0.3 is 0 Å². The molecule has 2 aromatic heterocycles. The highest BCUT2D eigenvalue weighted by Crippen LogP contribution is 2.39. The lowest BCUT2D eigenvalue weighted by Gasteiger charge is -2.14. The van der Waals surface area contributed by atoms with Crippen LogP contribution in [-0.2, 0) is 0 Å². The van der Waals surface area contributed by atoms with E-state index in [1.807, 2.05) is 36.4 Å². The summed E-state index contributed by atoms with van der Waals surface area (Å²) in [5.74, 6) is 1.73.